The minimum atomic E-state index is -0.738. The Morgan fingerprint density at radius 3 is 2.54 bits per heavy atom. The molecule has 74 valence electrons. The Kier molecular flexibility index (Phi) is 2.06. The summed E-state index contributed by atoms with van der Waals surface area (Å²) in [6.07, 6.45) is 4.50. The first kappa shape index (κ1) is 9.00. The van der Waals surface area contributed by atoms with Gasteiger partial charge in [0.2, 0.25) is 0 Å². The summed E-state index contributed by atoms with van der Waals surface area (Å²) in [5, 5.41) is 0. The highest BCUT2D eigenvalue weighted by Crippen LogP contribution is 2.32. The van der Waals surface area contributed by atoms with Crippen LogP contribution in [0, 0.1) is 0 Å². The van der Waals surface area contributed by atoms with E-state index in [1.54, 1.807) is 13.8 Å². The highest BCUT2D eigenvalue weighted by Gasteiger charge is 2.44. The molecule has 1 saturated heterocycles. The lowest BCUT2D eigenvalue weighted by Gasteiger charge is -2.41. The van der Waals surface area contributed by atoms with Crippen LogP contribution in [0.15, 0.2) is 0 Å². The molecule has 1 aliphatic heterocycles. The quantitative estimate of drug-likeness (QED) is 0.537. The topological polar surface area (TPSA) is 35.5 Å². The molecular weight excluding hydrogens is 168 g/mol. The molecule has 0 spiro atoms. The number of ether oxygens (including phenoxy) is 2. The fraction of sp³-hybridized carbons (Fsp3) is 0.900. The molecule has 0 amide bonds. The second kappa shape index (κ2) is 2.98. The van der Waals surface area contributed by atoms with Gasteiger partial charge in [0.25, 0.3) is 0 Å². The minimum absolute atomic E-state index is 0.0225. The van der Waals surface area contributed by atoms with Gasteiger partial charge in [-0.1, -0.05) is 6.42 Å². The Bertz CT molecular complexity index is 222. The zero-order chi connectivity index (χ0) is 9.47. The van der Waals surface area contributed by atoms with Crippen molar-refractivity contribution < 1.29 is 14.3 Å². The van der Waals surface area contributed by atoms with E-state index in [0.29, 0.717) is 0 Å². The van der Waals surface area contributed by atoms with Crippen LogP contribution in [0.3, 0.4) is 0 Å². The van der Waals surface area contributed by atoms with Crippen molar-refractivity contribution >= 4 is 5.97 Å². The van der Waals surface area contributed by atoms with Crippen LogP contribution < -0.4 is 0 Å². The van der Waals surface area contributed by atoms with Crippen LogP contribution in [0.5, 0.6) is 0 Å². The van der Waals surface area contributed by atoms with Crippen LogP contribution >= 0.6 is 0 Å². The van der Waals surface area contributed by atoms with Gasteiger partial charge in [0.05, 0.1) is 6.10 Å². The molecule has 0 aromatic carbocycles. The normalized spacial score (nSPS) is 37.8. The van der Waals surface area contributed by atoms with Gasteiger partial charge in [-0.3, -0.25) is 0 Å². The van der Waals surface area contributed by atoms with Gasteiger partial charge in [0.15, 0.2) is 5.60 Å². The second-order valence-electron chi connectivity index (χ2n) is 4.39. The smallest absolute Gasteiger partial charge is 0.338 e. The first-order chi connectivity index (χ1) is 6.09. The van der Waals surface area contributed by atoms with Crippen molar-refractivity contribution in [2.45, 2.75) is 57.3 Å². The van der Waals surface area contributed by atoms with E-state index in [2.05, 4.69) is 0 Å². The summed E-state index contributed by atoms with van der Waals surface area (Å²) in [6.45, 7) is 3.56. The molecule has 2 atom stereocenters. The summed E-state index contributed by atoms with van der Waals surface area (Å²) >= 11 is 0. The molecule has 2 aliphatic rings. The van der Waals surface area contributed by atoms with Crippen molar-refractivity contribution in [3.8, 4) is 0 Å². The first-order valence-corrected chi connectivity index (χ1v) is 4.98. The summed E-state index contributed by atoms with van der Waals surface area (Å²) in [5.74, 6) is -0.212. The third kappa shape index (κ3) is 1.57. The molecule has 1 aliphatic carbocycles. The number of hydrogen-bond acceptors (Lipinski definition) is 3. The zero-order valence-corrected chi connectivity index (χ0v) is 8.21. The highest BCUT2D eigenvalue weighted by atomic mass is 16.6. The molecule has 3 heteroatoms. The number of carbonyl (C=O) groups excluding carboxylic acids is 1. The first-order valence-electron chi connectivity index (χ1n) is 4.98. The number of rotatable bonds is 0. The standard InChI is InChI=1S/C10H16O3/c1-10(2)9(11)12-7-5-3-4-6-8(7)13-10/h7-8H,3-6H2,1-2H3/t7-,8-/m1/s1. The molecule has 0 unspecified atom stereocenters. The lowest BCUT2D eigenvalue weighted by Crippen LogP contribution is -2.53. The Balaban J connectivity index is 2.10. The SMILES string of the molecule is CC1(C)O[C@@H]2CCCC[C@H]2OC1=O. The summed E-state index contributed by atoms with van der Waals surface area (Å²) in [7, 11) is 0. The van der Waals surface area contributed by atoms with Crippen LogP contribution in [0.1, 0.15) is 39.5 Å². The summed E-state index contributed by atoms with van der Waals surface area (Å²) < 4.78 is 11.1. The summed E-state index contributed by atoms with van der Waals surface area (Å²) in [4.78, 5) is 11.4. The molecule has 0 aromatic heterocycles. The van der Waals surface area contributed by atoms with Gasteiger partial charge in [-0.05, 0) is 33.1 Å². The number of hydrogen-bond donors (Lipinski definition) is 0. The zero-order valence-electron chi connectivity index (χ0n) is 8.21. The third-order valence-electron chi connectivity index (χ3n) is 2.84. The van der Waals surface area contributed by atoms with Crippen molar-refractivity contribution in [1.82, 2.24) is 0 Å². The van der Waals surface area contributed by atoms with Crippen molar-refractivity contribution in [2.75, 3.05) is 0 Å². The highest BCUT2D eigenvalue weighted by molar-refractivity contribution is 5.79. The van der Waals surface area contributed by atoms with E-state index in [1.165, 1.54) is 6.42 Å². The Hall–Kier alpha value is -0.570. The fourth-order valence-corrected chi connectivity index (χ4v) is 2.04. The Morgan fingerprint density at radius 2 is 1.85 bits per heavy atom. The van der Waals surface area contributed by atoms with Crippen molar-refractivity contribution in [3.05, 3.63) is 0 Å². The maximum absolute atomic E-state index is 11.4. The van der Waals surface area contributed by atoms with Gasteiger partial charge < -0.3 is 9.47 Å². The summed E-state index contributed by atoms with van der Waals surface area (Å²) in [6, 6.07) is 0. The molecule has 1 saturated carbocycles. The molecule has 0 bridgehead atoms. The monoisotopic (exact) mass is 184 g/mol. The Labute approximate surface area is 78.4 Å². The molecule has 1 heterocycles. The number of carbonyl (C=O) groups is 1. The fourth-order valence-electron chi connectivity index (χ4n) is 2.04. The van der Waals surface area contributed by atoms with E-state index in [4.69, 9.17) is 9.47 Å². The van der Waals surface area contributed by atoms with Gasteiger partial charge in [-0.15, -0.1) is 0 Å². The lowest BCUT2D eigenvalue weighted by molar-refractivity contribution is -0.225. The average molecular weight is 184 g/mol. The van der Waals surface area contributed by atoms with Gasteiger partial charge in [0.1, 0.15) is 6.10 Å². The van der Waals surface area contributed by atoms with Crippen LogP contribution in [-0.4, -0.2) is 23.8 Å². The van der Waals surface area contributed by atoms with Gasteiger partial charge in [-0.2, -0.15) is 0 Å². The van der Waals surface area contributed by atoms with Crippen LogP contribution in [-0.2, 0) is 14.3 Å². The van der Waals surface area contributed by atoms with Gasteiger partial charge in [-0.25, -0.2) is 4.79 Å². The maximum atomic E-state index is 11.4. The maximum Gasteiger partial charge on any atom is 0.338 e. The largest absolute Gasteiger partial charge is 0.457 e. The van der Waals surface area contributed by atoms with E-state index in [0.717, 1.165) is 19.3 Å². The molecule has 2 fully saturated rings. The van der Waals surface area contributed by atoms with Gasteiger partial charge >= 0.3 is 5.97 Å². The predicted octanol–water partition coefficient (Wildman–Crippen LogP) is 1.65. The van der Waals surface area contributed by atoms with Crippen LogP contribution in [0.4, 0.5) is 0 Å². The molecule has 2 rings (SSSR count). The molecule has 0 radical (unpaired) electrons. The average Bonchev–Trinajstić information content (AvgIpc) is 2.06. The molecule has 13 heavy (non-hydrogen) atoms. The minimum Gasteiger partial charge on any atom is -0.457 e. The van der Waals surface area contributed by atoms with E-state index in [9.17, 15) is 4.79 Å². The molecule has 0 N–H and O–H groups in total. The Morgan fingerprint density at radius 1 is 1.23 bits per heavy atom. The predicted molar refractivity (Wildman–Crippen MR) is 47.3 cm³/mol. The second-order valence-corrected chi connectivity index (χ2v) is 4.39. The van der Waals surface area contributed by atoms with E-state index in [-0.39, 0.29) is 18.2 Å². The van der Waals surface area contributed by atoms with E-state index < -0.39 is 5.60 Å². The third-order valence-corrected chi connectivity index (χ3v) is 2.84. The summed E-state index contributed by atoms with van der Waals surface area (Å²) in [5.41, 5.74) is -0.738. The van der Waals surface area contributed by atoms with Crippen molar-refractivity contribution in [3.63, 3.8) is 0 Å². The molecule has 0 aromatic rings. The lowest BCUT2D eigenvalue weighted by atomic mass is 9.92. The van der Waals surface area contributed by atoms with E-state index in [1.807, 2.05) is 0 Å². The number of fused-ring (bicyclic) bond motifs is 1. The van der Waals surface area contributed by atoms with Crippen LogP contribution in [0.25, 0.3) is 0 Å². The number of esters is 1. The van der Waals surface area contributed by atoms with E-state index >= 15 is 0 Å². The molecular formula is C10H16O3. The van der Waals surface area contributed by atoms with Gasteiger partial charge in [0, 0.05) is 0 Å². The van der Waals surface area contributed by atoms with Crippen LogP contribution in [0.2, 0.25) is 0 Å². The van der Waals surface area contributed by atoms with Crippen molar-refractivity contribution in [2.24, 2.45) is 0 Å². The van der Waals surface area contributed by atoms with Crippen molar-refractivity contribution in [1.29, 1.82) is 0 Å². The molecule has 3 nitrogen and oxygen atoms in total.